The Morgan fingerprint density at radius 2 is 2.04 bits per heavy atom. The number of likely N-dealkylation sites (tertiary alicyclic amines) is 1. The summed E-state index contributed by atoms with van der Waals surface area (Å²) >= 11 is 0. The highest BCUT2D eigenvalue weighted by Gasteiger charge is 2.15. The van der Waals surface area contributed by atoms with Crippen molar-refractivity contribution in [3.8, 4) is 17.9 Å². The molecule has 0 saturated carbocycles. The average molecular weight is 309 g/mol. The van der Waals surface area contributed by atoms with Gasteiger partial charge in [-0.1, -0.05) is 19.1 Å². The first kappa shape index (κ1) is 17.1. The molecular weight excluding hydrogens is 286 g/mol. The van der Waals surface area contributed by atoms with Gasteiger partial charge in [0.05, 0.1) is 6.61 Å². The standard InChI is InChI=1S/C19H23N3O/c1-16-4-2-9-22(15-16)10-3-11-23-19-7-5-17(6-8-19)12-18(13-20)14-21/h5-8,12,16H,2-4,9-11,15H2,1H3. The summed E-state index contributed by atoms with van der Waals surface area (Å²) in [6.45, 7) is 6.55. The maximum atomic E-state index is 8.74. The highest BCUT2D eigenvalue weighted by Crippen LogP contribution is 2.17. The van der Waals surface area contributed by atoms with Gasteiger partial charge >= 0.3 is 0 Å². The summed E-state index contributed by atoms with van der Waals surface area (Å²) in [4.78, 5) is 2.52. The highest BCUT2D eigenvalue weighted by atomic mass is 16.5. The molecule has 1 fully saturated rings. The van der Waals surface area contributed by atoms with Crippen molar-refractivity contribution in [1.82, 2.24) is 4.90 Å². The van der Waals surface area contributed by atoms with Gasteiger partial charge in [0.1, 0.15) is 23.5 Å². The Balaban J connectivity index is 1.73. The molecule has 0 bridgehead atoms. The Bertz CT molecular complexity index is 591. The maximum absolute atomic E-state index is 8.74. The lowest BCUT2D eigenvalue weighted by molar-refractivity contribution is 0.170. The van der Waals surface area contributed by atoms with Crippen molar-refractivity contribution in [1.29, 1.82) is 10.5 Å². The molecule has 1 aliphatic rings. The smallest absolute Gasteiger partial charge is 0.130 e. The summed E-state index contributed by atoms with van der Waals surface area (Å²) in [6.07, 6.45) is 5.26. The average Bonchev–Trinajstić information content (AvgIpc) is 2.58. The van der Waals surface area contributed by atoms with E-state index in [0.717, 1.165) is 30.2 Å². The van der Waals surface area contributed by atoms with E-state index in [-0.39, 0.29) is 5.57 Å². The second-order valence-electron chi connectivity index (χ2n) is 6.10. The Labute approximate surface area is 138 Å². The molecule has 1 aromatic rings. The molecule has 0 N–H and O–H groups in total. The summed E-state index contributed by atoms with van der Waals surface area (Å²) in [6, 6.07) is 11.2. The molecule has 1 aliphatic heterocycles. The fourth-order valence-electron chi connectivity index (χ4n) is 2.88. The van der Waals surface area contributed by atoms with Crippen LogP contribution in [-0.4, -0.2) is 31.1 Å². The minimum Gasteiger partial charge on any atom is -0.494 e. The van der Waals surface area contributed by atoms with E-state index in [4.69, 9.17) is 15.3 Å². The summed E-state index contributed by atoms with van der Waals surface area (Å²) < 4.78 is 5.76. The van der Waals surface area contributed by atoms with Crippen LogP contribution in [0.5, 0.6) is 5.75 Å². The minimum atomic E-state index is 0.106. The van der Waals surface area contributed by atoms with E-state index in [9.17, 15) is 0 Å². The van der Waals surface area contributed by atoms with Crippen molar-refractivity contribution in [2.45, 2.75) is 26.2 Å². The van der Waals surface area contributed by atoms with Gasteiger partial charge in [-0.15, -0.1) is 0 Å². The Hall–Kier alpha value is -2.30. The monoisotopic (exact) mass is 309 g/mol. The van der Waals surface area contributed by atoms with Crippen LogP contribution < -0.4 is 4.74 Å². The van der Waals surface area contributed by atoms with Crippen LogP contribution in [0.4, 0.5) is 0 Å². The lowest BCUT2D eigenvalue weighted by atomic mass is 10.0. The molecule has 4 nitrogen and oxygen atoms in total. The molecule has 0 aromatic heterocycles. The second kappa shape index (κ2) is 8.98. The quantitative estimate of drug-likeness (QED) is 0.595. The van der Waals surface area contributed by atoms with Crippen LogP contribution in [0.25, 0.3) is 6.08 Å². The first-order valence-electron chi connectivity index (χ1n) is 8.18. The van der Waals surface area contributed by atoms with Crippen molar-refractivity contribution in [2.24, 2.45) is 5.92 Å². The van der Waals surface area contributed by atoms with Crippen LogP contribution in [0.2, 0.25) is 0 Å². The molecule has 4 heteroatoms. The highest BCUT2D eigenvalue weighted by molar-refractivity contribution is 5.62. The zero-order valence-corrected chi connectivity index (χ0v) is 13.7. The maximum Gasteiger partial charge on any atom is 0.130 e. The molecule has 1 aromatic carbocycles. The molecule has 1 atom stereocenters. The number of allylic oxidation sites excluding steroid dienone is 1. The molecule has 1 saturated heterocycles. The molecular formula is C19H23N3O. The Kier molecular flexibility index (Phi) is 6.66. The number of rotatable bonds is 6. The number of hydrogen-bond donors (Lipinski definition) is 0. The van der Waals surface area contributed by atoms with E-state index in [1.807, 2.05) is 36.4 Å². The largest absolute Gasteiger partial charge is 0.494 e. The summed E-state index contributed by atoms with van der Waals surface area (Å²) in [7, 11) is 0. The van der Waals surface area contributed by atoms with Crippen LogP contribution in [-0.2, 0) is 0 Å². The summed E-state index contributed by atoms with van der Waals surface area (Å²) in [5.41, 5.74) is 0.937. The van der Waals surface area contributed by atoms with Crippen LogP contribution in [0.15, 0.2) is 29.8 Å². The third-order valence-electron chi connectivity index (χ3n) is 4.06. The van der Waals surface area contributed by atoms with E-state index in [1.54, 1.807) is 6.08 Å². The van der Waals surface area contributed by atoms with Gasteiger partial charge < -0.3 is 9.64 Å². The third kappa shape index (κ3) is 5.77. The zero-order chi connectivity index (χ0) is 16.5. The van der Waals surface area contributed by atoms with Crippen molar-refractivity contribution < 1.29 is 4.74 Å². The summed E-state index contributed by atoms with van der Waals surface area (Å²) in [5, 5.41) is 17.5. The van der Waals surface area contributed by atoms with Gasteiger partial charge in [-0.25, -0.2) is 0 Å². The third-order valence-corrected chi connectivity index (χ3v) is 4.06. The van der Waals surface area contributed by atoms with Gasteiger partial charge in [-0.2, -0.15) is 10.5 Å². The van der Waals surface area contributed by atoms with E-state index >= 15 is 0 Å². The second-order valence-corrected chi connectivity index (χ2v) is 6.10. The molecule has 120 valence electrons. The van der Waals surface area contributed by atoms with Crippen molar-refractivity contribution in [3.05, 3.63) is 35.4 Å². The normalized spacial score (nSPS) is 17.8. The lowest BCUT2D eigenvalue weighted by Crippen LogP contribution is -2.35. The Morgan fingerprint density at radius 1 is 1.30 bits per heavy atom. The Morgan fingerprint density at radius 3 is 2.70 bits per heavy atom. The molecule has 0 amide bonds. The molecule has 0 spiro atoms. The van der Waals surface area contributed by atoms with E-state index in [0.29, 0.717) is 6.61 Å². The number of benzene rings is 1. The lowest BCUT2D eigenvalue weighted by Gasteiger charge is -2.30. The SMILES string of the molecule is CC1CCCN(CCCOc2ccc(C=C(C#N)C#N)cc2)C1. The number of ether oxygens (including phenoxy) is 1. The van der Waals surface area contributed by atoms with Crippen LogP contribution in [0.3, 0.4) is 0 Å². The van der Waals surface area contributed by atoms with Crippen molar-refractivity contribution >= 4 is 6.08 Å². The first-order chi connectivity index (χ1) is 11.2. The fraction of sp³-hybridized carbons (Fsp3) is 0.474. The number of piperidine rings is 1. The molecule has 1 unspecified atom stereocenters. The zero-order valence-electron chi connectivity index (χ0n) is 13.7. The van der Waals surface area contributed by atoms with Gasteiger partial charge in [0, 0.05) is 13.1 Å². The van der Waals surface area contributed by atoms with Gasteiger partial charge in [0.25, 0.3) is 0 Å². The predicted molar refractivity (Wildman–Crippen MR) is 90.6 cm³/mol. The molecule has 0 aliphatic carbocycles. The molecule has 23 heavy (non-hydrogen) atoms. The molecule has 2 rings (SSSR count). The van der Waals surface area contributed by atoms with E-state index < -0.39 is 0 Å². The van der Waals surface area contributed by atoms with Gasteiger partial charge in [0.15, 0.2) is 0 Å². The van der Waals surface area contributed by atoms with Gasteiger partial charge in [0.2, 0.25) is 0 Å². The summed E-state index contributed by atoms with van der Waals surface area (Å²) in [5.74, 6) is 1.64. The topological polar surface area (TPSA) is 60.0 Å². The van der Waals surface area contributed by atoms with Crippen molar-refractivity contribution in [3.63, 3.8) is 0 Å². The van der Waals surface area contributed by atoms with Crippen LogP contribution >= 0.6 is 0 Å². The number of hydrogen-bond acceptors (Lipinski definition) is 4. The van der Waals surface area contributed by atoms with E-state index in [2.05, 4.69) is 11.8 Å². The molecule has 0 radical (unpaired) electrons. The fourth-order valence-corrected chi connectivity index (χ4v) is 2.88. The first-order valence-corrected chi connectivity index (χ1v) is 8.18. The van der Waals surface area contributed by atoms with Gasteiger partial charge in [-0.05, 0) is 55.5 Å². The molecule has 1 heterocycles. The minimum absolute atomic E-state index is 0.106. The van der Waals surface area contributed by atoms with Crippen LogP contribution in [0.1, 0.15) is 31.7 Å². The van der Waals surface area contributed by atoms with Gasteiger partial charge in [-0.3, -0.25) is 0 Å². The van der Waals surface area contributed by atoms with Crippen LogP contribution in [0, 0.1) is 28.6 Å². The van der Waals surface area contributed by atoms with Crippen molar-refractivity contribution in [2.75, 3.05) is 26.2 Å². The number of nitriles is 2. The number of nitrogens with zero attached hydrogens (tertiary/aromatic N) is 3. The van der Waals surface area contributed by atoms with E-state index in [1.165, 1.54) is 25.9 Å². The predicted octanol–water partition coefficient (Wildman–Crippen LogP) is 3.62.